The van der Waals surface area contributed by atoms with Crippen molar-refractivity contribution in [2.75, 3.05) is 5.32 Å². The molecule has 0 atom stereocenters. The van der Waals surface area contributed by atoms with Crippen molar-refractivity contribution in [1.29, 1.82) is 0 Å². The number of carbonyl (C=O) groups excluding carboxylic acids is 2. The molecule has 2 amide bonds. The molecule has 0 bridgehead atoms. The van der Waals surface area contributed by atoms with Gasteiger partial charge in [-0.1, -0.05) is 24.3 Å². The first-order valence-electron chi connectivity index (χ1n) is 12.1. The van der Waals surface area contributed by atoms with Crippen LogP contribution in [0.15, 0.2) is 77.6 Å². The number of rotatable bonds is 6. The molecular formula is C29H24F2N4O3. The van der Waals surface area contributed by atoms with Crippen molar-refractivity contribution in [3.63, 3.8) is 0 Å². The maximum Gasteiger partial charge on any atom is 0.282 e. The quantitative estimate of drug-likeness (QED) is 0.366. The third-order valence-corrected chi connectivity index (χ3v) is 6.84. The second-order valence-electron chi connectivity index (χ2n) is 9.27. The fourth-order valence-electron chi connectivity index (χ4n) is 4.59. The van der Waals surface area contributed by atoms with E-state index in [9.17, 15) is 23.2 Å². The van der Waals surface area contributed by atoms with E-state index in [2.05, 4.69) is 15.6 Å². The topological polar surface area (TPSA) is 93.1 Å². The molecule has 0 saturated heterocycles. The number of hydrogen-bond donors (Lipinski definition) is 2. The van der Waals surface area contributed by atoms with Crippen LogP contribution in [0.3, 0.4) is 0 Å². The van der Waals surface area contributed by atoms with Crippen molar-refractivity contribution >= 4 is 34.6 Å². The summed E-state index contributed by atoms with van der Waals surface area (Å²) in [6.45, 7) is 0. The van der Waals surface area contributed by atoms with Crippen LogP contribution in [0.5, 0.6) is 0 Å². The third-order valence-electron chi connectivity index (χ3n) is 6.84. The lowest BCUT2D eigenvalue weighted by atomic mass is 9.71. The van der Waals surface area contributed by atoms with Gasteiger partial charge < -0.3 is 15.2 Å². The monoisotopic (exact) mass is 514 g/mol. The standard InChI is InChI=1S/C29H24F2N4O3/c1-35-24-6-3-2-5-23(24)33-26(28(35)38)27(37)32-21-12-9-19(10-13-21)29(15-4-16-29)34-25(36)14-8-18-7-11-20(30)17-22(18)31/h2-3,5-14,17H,4,15-16H2,1H3,(H,32,37)(H,34,36)/b14-8+. The predicted molar refractivity (Wildman–Crippen MR) is 140 cm³/mol. The molecule has 1 saturated carbocycles. The molecule has 2 N–H and O–H groups in total. The smallest absolute Gasteiger partial charge is 0.282 e. The van der Waals surface area contributed by atoms with Crippen LogP contribution >= 0.6 is 0 Å². The van der Waals surface area contributed by atoms with Crippen LogP contribution < -0.4 is 16.2 Å². The highest BCUT2D eigenvalue weighted by atomic mass is 19.1. The largest absolute Gasteiger partial charge is 0.343 e. The molecule has 0 radical (unpaired) electrons. The highest BCUT2D eigenvalue weighted by molar-refractivity contribution is 6.03. The van der Waals surface area contributed by atoms with Crippen LogP contribution in [-0.2, 0) is 17.4 Å². The molecule has 0 unspecified atom stereocenters. The van der Waals surface area contributed by atoms with E-state index in [1.807, 2.05) is 12.1 Å². The van der Waals surface area contributed by atoms with Gasteiger partial charge in [-0.25, -0.2) is 13.8 Å². The summed E-state index contributed by atoms with van der Waals surface area (Å²) in [5.74, 6) is -2.45. The first-order valence-corrected chi connectivity index (χ1v) is 12.1. The Morgan fingerprint density at radius 1 is 1.03 bits per heavy atom. The third kappa shape index (κ3) is 4.82. The Labute approximate surface area is 216 Å². The predicted octanol–water partition coefficient (Wildman–Crippen LogP) is 4.67. The Kier molecular flexibility index (Phi) is 6.59. The lowest BCUT2D eigenvalue weighted by Crippen LogP contribution is -2.50. The maximum absolute atomic E-state index is 13.9. The van der Waals surface area contributed by atoms with Gasteiger partial charge in [0.1, 0.15) is 11.6 Å². The molecule has 0 spiro atoms. The second kappa shape index (κ2) is 10.0. The first-order chi connectivity index (χ1) is 18.3. The van der Waals surface area contributed by atoms with E-state index in [0.29, 0.717) is 16.7 Å². The summed E-state index contributed by atoms with van der Waals surface area (Å²) in [4.78, 5) is 42.4. The van der Waals surface area contributed by atoms with Gasteiger partial charge in [-0.05, 0) is 67.3 Å². The summed E-state index contributed by atoms with van der Waals surface area (Å²) in [5, 5.41) is 5.72. The zero-order chi connectivity index (χ0) is 26.9. The maximum atomic E-state index is 13.9. The van der Waals surface area contributed by atoms with E-state index < -0.39 is 34.5 Å². The number of aryl methyl sites for hydroxylation is 1. The van der Waals surface area contributed by atoms with Gasteiger partial charge in [0.25, 0.3) is 11.5 Å². The van der Waals surface area contributed by atoms with Crippen LogP contribution in [-0.4, -0.2) is 21.4 Å². The molecule has 192 valence electrons. The Bertz CT molecular complexity index is 1640. The SMILES string of the molecule is Cn1c(=O)c(C(=O)Nc2ccc(C3(NC(=O)/C=C/c4ccc(F)cc4F)CCC3)cc2)nc2ccccc21. The number of nitrogens with zero attached hydrogens (tertiary/aromatic N) is 2. The number of halogens is 2. The Balaban J connectivity index is 1.29. The van der Waals surface area contributed by atoms with Crippen LogP contribution in [0.1, 0.15) is 40.9 Å². The van der Waals surface area contributed by atoms with Crippen molar-refractivity contribution in [3.05, 3.63) is 112 Å². The summed E-state index contributed by atoms with van der Waals surface area (Å²) in [7, 11) is 1.59. The number of para-hydroxylation sites is 2. The number of hydrogen-bond acceptors (Lipinski definition) is 4. The van der Waals surface area contributed by atoms with Crippen LogP contribution in [0, 0.1) is 11.6 Å². The highest BCUT2D eigenvalue weighted by Gasteiger charge is 2.39. The molecule has 0 aliphatic heterocycles. The van der Waals surface area contributed by atoms with Gasteiger partial charge in [0.15, 0.2) is 5.69 Å². The molecule has 5 rings (SSSR count). The number of nitrogens with one attached hydrogen (secondary N) is 2. The average molecular weight is 515 g/mol. The van der Waals surface area contributed by atoms with Crippen molar-refractivity contribution < 1.29 is 18.4 Å². The van der Waals surface area contributed by atoms with E-state index in [1.54, 1.807) is 43.4 Å². The number of carbonyl (C=O) groups is 2. The number of aromatic nitrogens is 2. The number of amides is 2. The number of anilines is 1. The molecule has 7 nitrogen and oxygen atoms in total. The van der Waals surface area contributed by atoms with E-state index in [4.69, 9.17) is 0 Å². The van der Waals surface area contributed by atoms with Gasteiger partial charge >= 0.3 is 0 Å². The highest BCUT2D eigenvalue weighted by Crippen LogP contribution is 2.41. The molecule has 1 aromatic heterocycles. The minimum atomic E-state index is -0.748. The summed E-state index contributed by atoms with van der Waals surface area (Å²) in [5.41, 5.74) is 1.32. The molecule has 38 heavy (non-hydrogen) atoms. The van der Waals surface area contributed by atoms with Gasteiger partial charge in [0.2, 0.25) is 5.91 Å². The Morgan fingerprint density at radius 3 is 2.45 bits per heavy atom. The summed E-state index contributed by atoms with van der Waals surface area (Å²) in [6.07, 6.45) is 4.90. The zero-order valence-electron chi connectivity index (χ0n) is 20.5. The summed E-state index contributed by atoms with van der Waals surface area (Å²) in [6, 6.07) is 17.3. The molecule has 4 aromatic rings. The van der Waals surface area contributed by atoms with E-state index in [1.165, 1.54) is 22.8 Å². The lowest BCUT2D eigenvalue weighted by Gasteiger charge is -2.43. The van der Waals surface area contributed by atoms with Gasteiger partial charge in [-0.15, -0.1) is 0 Å². The van der Waals surface area contributed by atoms with Crippen molar-refractivity contribution in [2.24, 2.45) is 7.05 Å². The van der Waals surface area contributed by atoms with E-state index in [0.717, 1.165) is 37.0 Å². The zero-order valence-corrected chi connectivity index (χ0v) is 20.5. The summed E-state index contributed by atoms with van der Waals surface area (Å²) >= 11 is 0. The fraction of sp³-hybridized carbons (Fsp3) is 0.172. The first kappa shape index (κ1) is 25.0. The van der Waals surface area contributed by atoms with Crippen molar-refractivity contribution in [1.82, 2.24) is 14.9 Å². The molecule has 3 aromatic carbocycles. The molecule has 1 fully saturated rings. The normalized spacial score (nSPS) is 14.3. The van der Waals surface area contributed by atoms with Gasteiger partial charge in [-0.3, -0.25) is 14.4 Å². The van der Waals surface area contributed by atoms with Gasteiger partial charge in [0.05, 0.1) is 16.6 Å². The molecular weight excluding hydrogens is 490 g/mol. The second-order valence-corrected chi connectivity index (χ2v) is 9.27. The minimum Gasteiger partial charge on any atom is -0.343 e. The van der Waals surface area contributed by atoms with Crippen molar-refractivity contribution in [3.8, 4) is 0 Å². The van der Waals surface area contributed by atoms with Crippen LogP contribution in [0.25, 0.3) is 17.1 Å². The Hall–Kier alpha value is -4.66. The van der Waals surface area contributed by atoms with Gasteiger partial charge in [-0.2, -0.15) is 0 Å². The number of fused-ring (bicyclic) bond motifs is 1. The number of benzene rings is 3. The van der Waals surface area contributed by atoms with Crippen molar-refractivity contribution in [2.45, 2.75) is 24.8 Å². The fourth-order valence-corrected chi connectivity index (χ4v) is 4.59. The van der Waals surface area contributed by atoms with Gasteiger partial charge in [0, 0.05) is 30.4 Å². The summed E-state index contributed by atoms with van der Waals surface area (Å²) < 4.78 is 28.3. The van der Waals surface area contributed by atoms with Crippen LogP contribution in [0.4, 0.5) is 14.5 Å². The molecule has 1 aliphatic carbocycles. The minimum absolute atomic E-state index is 0.111. The molecule has 9 heteroatoms. The average Bonchev–Trinajstić information content (AvgIpc) is 2.88. The lowest BCUT2D eigenvalue weighted by molar-refractivity contribution is -0.119. The van der Waals surface area contributed by atoms with E-state index >= 15 is 0 Å². The van der Waals surface area contributed by atoms with E-state index in [-0.39, 0.29) is 11.3 Å². The molecule has 1 heterocycles. The van der Waals surface area contributed by atoms with Crippen LogP contribution in [0.2, 0.25) is 0 Å². The Morgan fingerprint density at radius 2 is 1.76 bits per heavy atom. The molecule has 1 aliphatic rings.